The third kappa shape index (κ3) is 3.54. The normalized spacial score (nSPS) is 12.2. The molecule has 1 aromatic rings. The topological polar surface area (TPSA) is 35.5 Å². The molecule has 3 nitrogen and oxygen atoms in total. The van der Waals surface area contributed by atoms with Crippen LogP contribution in [0.1, 0.15) is 24.2 Å². The number of thioether (sulfide) groups is 1. The number of benzene rings is 1. The first-order valence-electron chi connectivity index (χ1n) is 5.14. The van der Waals surface area contributed by atoms with E-state index in [-0.39, 0.29) is 11.4 Å². The average molecular weight is 240 g/mol. The minimum absolute atomic E-state index is 0.0239. The summed E-state index contributed by atoms with van der Waals surface area (Å²) in [6.45, 7) is 4.57. The molecule has 1 aromatic carbocycles. The van der Waals surface area contributed by atoms with Crippen LogP contribution < -0.4 is 0 Å². The highest BCUT2D eigenvalue weighted by Gasteiger charge is 2.13. The Morgan fingerprint density at radius 2 is 2.12 bits per heavy atom. The van der Waals surface area contributed by atoms with Gasteiger partial charge in [0.15, 0.2) is 0 Å². The zero-order chi connectivity index (χ0) is 12.0. The van der Waals surface area contributed by atoms with Crippen LogP contribution in [0.5, 0.6) is 0 Å². The maximum Gasteiger partial charge on any atom is 0.338 e. The lowest BCUT2D eigenvalue weighted by Gasteiger charge is -2.13. The fourth-order valence-electron chi connectivity index (χ4n) is 1.30. The molecule has 0 amide bonds. The van der Waals surface area contributed by atoms with Gasteiger partial charge >= 0.3 is 5.97 Å². The van der Waals surface area contributed by atoms with E-state index in [0.29, 0.717) is 12.2 Å². The van der Waals surface area contributed by atoms with Crippen molar-refractivity contribution in [3.8, 4) is 0 Å². The summed E-state index contributed by atoms with van der Waals surface area (Å²) in [5, 5.41) is 0. The molecule has 0 radical (unpaired) electrons. The maximum absolute atomic E-state index is 11.5. The van der Waals surface area contributed by atoms with Crippen LogP contribution in [0.25, 0.3) is 0 Å². The molecule has 0 fully saturated rings. The number of ether oxygens (including phenoxy) is 2. The van der Waals surface area contributed by atoms with Gasteiger partial charge in [-0.05, 0) is 26.0 Å². The summed E-state index contributed by atoms with van der Waals surface area (Å²) < 4.78 is 10.2. The Labute approximate surface area is 100 Å². The lowest BCUT2D eigenvalue weighted by atomic mass is 10.2. The fraction of sp³-hybridized carbons (Fsp3) is 0.417. The molecule has 0 heterocycles. The zero-order valence-electron chi connectivity index (χ0n) is 9.73. The van der Waals surface area contributed by atoms with Gasteiger partial charge in [-0.1, -0.05) is 23.9 Å². The number of esters is 1. The number of rotatable bonds is 5. The highest BCUT2D eigenvalue weighted by molar-refractivity contribution is 7.99. The third-order valence-electron chi connectivity index (χ3n) is 1.99. The van der Waals surface area contributed by atoms with Crippen LogP contribution >= 0.6 is 11.8 Å². The molecule has 0 saturated carbocycles. The van der Waals surface area contributed by atoms with Gasteiger partial charge in [0.1, 0.15) is 5.44 Å². The quantitative estimate of drug-likeness (QED) is 0.450. The van der Waals surface area contributed by atoms with Crippen LogP contribution in [-0.4, -0.2) is 25.1 Å². The van der Waals surface area contributed by atoms with Gasteiger partial charge in [0.25, 0.3) is 0 Å². The fourth-order valence-corrected chi connectivity index (χ4v) is 2.29. The molecule has 16 heavy (non-hydrogen) atoms. The Bertz CT molecular complexity index is 352. The van der Waals surface area contributed by atoms with Crippen LogP contribution in [0, 0.1) is 0 Å². The van der Waals surface area contributed by atoms with Gasteiger partial charge in [0.05, 0.1) is 12.7 Å². The molecule has 88 valence electrons. The lowest BCUT2D eigenvalue weighted by molar-refractivity contribution is 0.0596. The standard InChI is InChI=1S/C12H16O3S/c1-4-15-9(2)16-11-8-6-5-7-10(11)12(13)14-3/h5-9H,4H2,1-3H3. The molecule has 0 aliphatic carbocycles. The summed E-state index contributed by atoms with van der Waals surface area (Å²) in [7, 11) is 1.38. The number of hydrogen-bond donors (Lipinski definition) is 0. The van der Waals surface area contributed by atoms with Gasteiger partial charge in [0, 0.05) is 11.5 Å². The maximum atomic E-state index is 11.5. The van der Waals surface area contributed by atoms with Crippen molar-refractivity contribution in [1.82, 2.24) is 0 Å². The predicted octanol–water partition coefficient (Wildman–Crippen LogP) is 2.95. The molecular formula is C12H16O3S. The third-order valence-corrected chi connectivity index (χ3v) is 3.06. The Morgan fingerprint density at radius 3 is 2.75 bits per heavy atom. The smallest absolute Gasteiger partial charge is 0.338 e. The zero-order valence-corrected chi connectivity index (χ0v) is 10.5. The molecule has 0 N–H and O–H groups in total. The summed E-state index contributed by atoms with van der Waals surface area (Å²) >= 11 is 1.52. The van der Waals surface area contributed by atoms with Gasteiger partial charge in [-0.15, -0.1) is 0 Å². The van der Waals surface area contributed by atoms with Crippen molar-refractivity contribution in [2.24, 2.45) is 0 Å². The lowest BCUT2D eigenvalue weighted by Crippen LogP contribution is -2.06. The second kappa shape index (κ2) is 6.55. The van der Waals surface area contributed by atoms with E-state index in [1.807, 2.05) is 32.0 Å². The van der Waals surface area contributed by atoms with E-state index in [2.05, 4.69) is 0 Å². The van der Waals surface area contributed by atoms with Gasteiger partial charge < -0.3 is 9.47 Å². The Balaban J connectivity index is 2.82. The van der Waals surface area contributed by atoms with E-state index < -0.39 is 0 Å². The van der Waals surface area contributed by atoms with E-state index in [0.717, 1.165) is 4.90 Å². The summed E-state index contributed by atoms with van der Waals surface area (Å²) in [6, 6.07) is 7.37. The van der Waals surface area contributed by atoms with Crippen LogP contribution in [0.3, 0.4) is 0 Å². The summed E-state index contributed by atoms with van der Waals surface area (Å²) in [5.74, 6) is -0.313. The second-order valence-electron chi connectivity index (χ2n) is 3.13. The van der Waals surface area contributed by atoms with Crippen LogP contribution in [0.4, 0.5) is 0 Å². The first-order chi connectivity index (χ1) is 7.69. The van der Waals surface area contributed by atoms with Gasteiger partial charge in [-0.2, -0.15) is 0 Å². The van der Waals surface area contributed by atoms with Crippen molar-refractivity contribution in [2.45, 2.75) is 24.2 Å². The molecule has 1 unspecified atom stereocenters. The molecule has 0 aliphatic heterocycles. The van der Waals surface area contributed by atoms with Crippen molar-refractivity contribution >= 4 is 17.7 Å². The first-order valence-corrected chi connectivity index (χ1v) is 6.02. The van der Waals surface area contributed by atoms with Crippen molar-refractivity contribution in [2.75, 3.05) is 13.7 Å². The number of methoxy groups -OCH3 is 1. The van der Waals surface area contributed by atoms with Gasteiger partial charge in [0.2, 0.25) is 0 Å². The van der Waals surface area contributed by atoms with E-state index in [9.17, 15) is 4.79 Å². The second-order valence-corrected chi connectivity index (χ2v) is 4.47. The minimum atomic E-state index is -0.313. The number of hydrogen-bond acceptors (Lipinski definition) is 4. The van der Waals surface area contributed by atoms with E-state index in [1.165, 1.54) is 18.9 Å². The minimum Gasteiger partial charge on any atom is -0.465 e. The summed E-state index contributed by atoms with van der Waals surface area (Å²) in [6.07, 6.45) is 0. The molecular weight excluding hydrogens is 224 g/mol. The van der Waals surface area contributed by atoms with Crippen LogP contribution in [0.15, 0.2) is 29.2 Å². The predicted molar refractivity (Wildman–Crippen MR) is 64.7 cm³/mol. The molecule has 1 rings (SSSR count). The monoisotopic (exact) mass is 240 g/mol. The van der Waals surface area contributed by atoms with Crippen molar-refractivity contribution in [1.29, 1.82) is 0 Å². The molecule has 0 aliphatic rings. The SMILES string of the molecule is CCOC(C)Sc1ccccc1C(=O)OC. The van der Waals surface area contributed by atoms with Gasteiger partial charge in [-0.25, -0.2) is 4.79 Å². The highest BCUT2D eigenvalue weighted by Crippen LogP contribution is 2.27. The molecule has 1 atom stereocenters. The number of carbonyl (C=O) groups excluding carboxylic acids is 1. The van der Waals surface area contributed by atoms with Gasteiger partial charge in [-0.3, -0.25) is 0 Å². The Hall–Kier alpha value is -1.00. The number of carbonyl (C=O) groups is 1. The first kappa shape index (κ1) is 13.1. The van der Waals surface area contributed by atoms with Crippen molar-refractivity contribution < 1.29 is 14.3 Å². The Kier molecular flexibility index (Phi) is 5.35. The summed E-state index contributed by atoms with van der Waals surface area (Å²) in [5.41, 5.74) is 0.609. The summed E-state index contributed by atoms with van der Waals surface area (Å²) in [4.78, 5) is 12.4. The molecule has 0 saturated heterocycles. The molecule has 0 aromatic heterocycles. The molecule has 0 bridgehead atoms. The molecule has 0 spiro atoms. The van der Waals surface area contributed by atoms with Crippen LogP contribution in [-0.2, 0) is 9.47 Å². The Morgan fingerprint density at radius 1 is 1.44 bits per heavy atom. The van der Waals surface area contributed by atoms with E-state index in [1.54, 1.807) is 6.07 Å². The van der Waals surface area contributed by atoms with Crippen LogP contribution in [0.2, 0.25) is 0 Å². The molecule has 4 heteroatoms. The highest BCUT2D eigenvalue weighted by atomic mass is 32.2. The van der Waals surface area contributed by atoms with Crippen molar-refractivity contribution in [3.05, 3.63) is 29.8 Å². The van der Waals surface area contributed by atoms with E-state index in [4.69, 9.17) is 9.47 Å². The van der Waals surface area contributed by atoms with Crippen molar-refractivity contribution in [3.63, 3.8) is 0 Å². The largest absolute Gasteiger partial charge is 0.465 e. The average Bonchev–Trinajstić information content (AvgIpc) is 2.29. The van der Waals surface area contributed by atoms with E-state index >= 15 is 0 Å².